The van der Waals surface area contributed by atoms with Gasteiger partial charge < -0.3 is 0 Å². The van der Waals surface area contributed by atoms with Crippen LogP contribution in [0.25, 0.3) is 16.2 Å². The lowest BCUT2D eigenvalue weighted by atomic mass is 10.2. The number of nitrogens with zero attached hydrogens (tertiary/aromatic N) is 3. The predicted molar refractivity (Wildman–Crippen MR) is 67.8 cm³/mol. The van der Waals surface area contributed by atoms with Gasteiger partial charge in [-0.15, -0.1) is 11.3 Å². The lowest BCUT2D eigenvalue weighted by Crippen LogP contribution is -1.93. The van der Waals surface area contributed by atoms with E-state index in [-0.39, 0.29) is 17.9 Å². The van der Waals surface area contributed by atoms with Crippen LogP contribution in [0.5, 0.6) is 0 Å². The Labute approximate surface area is 107 Å². The molecule has 0 aliphatic rings. The standard InChI is InChI=1S/C13H8FN3S/c14-9-3-1-7-17-10(5-6-15)12(16-13(9)17)11-4-2-8-18-11/h1-4,7-8H,5H2. The van der Waals surface area contributed by atoms with Crippen LogP contribution in [-0.4, -0.2) is 9.38 Å². The monoisotopic (exact) mass is 257 g/mol. The number of nitriles is 1. The van der Waals surface area contributed by atoms with E-state index in [1.807, 2.05) is 17.5 Å². The highest BCUT2D eigenvalue weighted by Crippen LogP contribution is 2.29. The van der Waals surface area contributed by atoms with Crippen molar-refractivity contribution in [2.75, 3.05) is 0 Å². The van der Waals surface area contributed by atoms with Crippen molar-refractivity contribution in [1.82, 2.24) is 9.38 Å². The Bertz CT molecular complexity index is 738. The predicted octanol–water partition coefficient (Wildman–Crippen LogP) is 3.27. The first kappa shape index (κ1) is 10.9. The van der Waals surface area contributed by atoms with E-state index >= 15 is 0 Å². The molecule has 0 saturated heterocycles. The number of aromatic nitrogens is 2. The molecule has 0 radical (unpaired) electrons. The van der Waals surface area contributed by atoms with Gasteiger partial charge in [0.15, 0.2) is 11.5 Å². The molecule has 3 rings (SSSR count). The molecule has 0 unspecified atom stereocenters. The van der Waals surface area contributed by atoms with Crippen molar-refractivity contribution in [1.29, 1.82) is 5.26 Å². The first-order chi connectivity index (χ1) is 8.81. The number of hydrogen-bond donors (Lipinski definition) is 0. The smallest absolute Gasteiger partial charge is 0.174 e. The van der Waals surface area contributed by atoms with Crippen molar-refractivity contribution in [3.63, 3.8) is 0 Å². The Hall–Kier alpha value is -2.19. The van der Waals surface area contributed by atoms with Crippen LogP contribution < -0.4 is 0 Å². The number of imidazole rings is 1. The van der Waals surface area contributed by atoms with Gasteiger partial charge in [0.25, 0.3) is 0 Å². The Balaban J connectivity index is 2.35. The minimum atomic E-state index is -0.375. The van der Waals surface area contributed by atoms with E-state index in [0.717, 1.165) is 10.6 Å². The SMILES string of the molecule is N#CCc1c(-c2cccs2)nc2c(F)cccn12. The third kappa shape index (κ3) is 1.59. The van der Waals surface area contributed by atoms with Crippen LogP contribution in [0.1, 0.15) is 5.69 Å². The number of rotatable bonds is 2. The second kappa shape index (κ2) is 4.24. The fourth-order valence-electron chi connectivity index (χ4n) is 1.94. The van der Waals surface area contributed by atoms with E-state index in [4.69, 9.17) is 5.26 Å². The third-order valence-corrected chi connectivity index (χ3v) is 3.58. The van der Waals surface area contributed by atoms with Gasteiger partial charge in [0, 0.05) is 6.20 Å². The van der Waals surface area contributed by atoms with Gasteiger partial charge in [-0.05, 0) is 23.6 Å². The summed E-state index contributed by atoms with van der Waals surface area (Å²) in [5.41, 5.74) is 1.69. The minimum Gasteiger partial charge on any atom is -0.300 e. The zero-order valence-corrected chi connectivity index (χ0v) is 10.1. The van der Waals surface area contributed by atoms with Crippen LogP contribution in [0.3, 0.4) is 0 Å². The van der Waals surface area contributed by atoms with Crippen LogP contribution in [0.15, 0.2) is 35.8 Å². The fourth-order valence-corrected chi connectivity index (χ4v) is 2.67. The van der Waals surface area contributed by atoms with Crippen molar-refractivity contribution in [2.24, 2.45) is 0 Å². The average Bonchev–Trinajstić information content (AvgIpc) is 2.98. The molecular formula is C13H8FN3S. The van der Waals surface area contributed by atoms with Crippen molar-refractivity contribution in [2.45, 2.75) is 6.42 Å². The number of fused-ring (bicyclic) bond motifs is 1. The molecule has 5 heteroatoms. The molecule has 88 valence electrons. The molecule has 0 aliphatic carbocycles. The summed E-state index contributed by atoms with van der Waals surface area (Å²) in [6.45, 7) is 0. The quantitative estimate of drug-likeness (QED) is 0.707. The molecule has 0 N–H and O–H groups in total. The molecule has 0 aliphatic heterocycles. The van der Waals surface area contributed by atoms with Crippen LogP contribution in [0.2, 0.25) is 0 Å². The molecule has 0 spiro atoms. The minimum absolute atomic E-state index is 0.206. The number of thiophene rings is 1. The van der Waals surface area contributed by atoms with Crippen molar-refractivity contribution in [3.05, 3.63) is 47.4 Å². The first-order valence-electron chi connectivity index (χ1n) is 5.37. The Morgan fingerprint density at radius 2 is 2.28 bits per heavy atom. The van der Waals surface area contributed by atoms with Gasteiger partial charge in [-0.1, -0.05) is 6.07 Å². The average molecular weight is 257 g/mol. The van der Waals surface area contributed by atoms with E-state index < -0.39 is 0 Å². The molecule has 0 fully saturated rings. The van der Waals surface area contributed by atoms with E-state index in [2.05, 4.69) is 11.1 Å². The summed E-state index contributed by atoms with van der Waals surface area (Å²) in [6, 6.07) is 8.93. The molecule has 0 atom stereocenters. The Kier molecular flexibility index (Phi) is 2.58. The van der Waals surface area contributed by atoms with Gasteiger partial charge in [-0.3, -0.25) is 4.40 Å². The molecular weight excluding hydrogens is 249 g/mol. The van der Waals surface area contributed by atoms with E-state index in [0.29, 0.717) is 5.69 Å². The summed E-state index contributed by atoms with van der Waals surface area (Å²) < 4.78 is 15.3. The molecule has 0 saturated carbocycles. The van der Waals surface area contributed by atoms with Crippen LogP contribution in [0.4, 0.5) is 4.39 Å². The maximum absolute atomic E-state index is 13.7. The Morgan fingerprint density at radius 1 is 1.39 bits per heavy atom. The summed E-state index contributed by atoms with van der Waals surface area (Å²) in [6.07, 6.45) is 1.94. The molecule has 0 bridgehead atoms. The highest BCUT2D eigenvalue weighted by atomic mass is 32.1. The van der Waals surface area contributed by atoms with Crippen molar-refractivity contribution >= 4 is 17.0 Å². The summed E-state index contributed by atoms with van der Waals surface area (Å²) in [5, 5.41) is 10.8. The third-order valence-electron chi connectivity index (χ3n) is 2.70. The summed E-state index contributed by atoms with van der Waals surface area (Å²) in [5.74, 6) is -0.375. The Morgan fingerprint density at radius 3 is 3.00 bits per heavy atom. The lowest BCUT2D eigenvalue weighted by Gasteiger charge is -1.98. The highest BCUT2D eigenvalue weighted by Gasteiger charge is 2.16. The van der Waals surface area contributed by atoms with E-state index in [1.165, 1.54) is 17.4 Å². The molecule has 18 heavy (non-hydrogen) atoms. The lowest BCUT2D eigenvalue weighted by molar-refractivity contribution is 0.629. The van der Waals surface area contributed by atoms with Crippen LogP contribution in [0, 0.1) is 17.1 Å². The summed E-state index contributed by atoms with van der Waals surface area (Å²) in [4.78, 5) is 5.27. The second-order valence-corrected chi connectivity index (χ2v) is 4.72. The van der Waals surface area contributed by atoms with Gasteiger partial charge in [-0.2, -0.15) is 5.26 Å². The van der Waals surface area contributed by atoms with Gasteiger partial charge in [0.1, 0.15) is 5.69 Å². The van der Waals surface area contributed by atoms with E-state index in [1.54, 1.807) is 16.7 Å². The zero-order valence-electron chi connectivity index (χ0n) is 9.30. The molecule has 0 aromatic carbocycles. The summed E-state index contributed by atoms with van der Waals surface area (Å²) >= 11 is 1.53. The summed E-state index contributed by atoms with van der Waals surface area (Å²) in [7, 11) is 0. The normalized spacial score (nSPS) is 10.7. The fraction of sp³-hybridized carbons (Fsp3) is 0.0769. The van der Waals surface area contributed by atoms with E-state index in [9.17, 15) is 4.39 Å². The highest BCUT2D eigenvalue weighted by molar-refractivity contribution is 7.13. The number of halogens is 1. The number of pyridine rings is 1. The second-order valence-electron chi connectivity index (χ2n) is 3.77. The van der Waals surface area contributed by atoms with Crippen LogP contribution in [-0.2, 0) is 6.42 Å². The molecule has 3 aromatic heterocycles. The van der Waals surface area contributed by atoms with Gasteiger partial charge in [0.2, 0.25) is 0 Å². The molecule has 3 heterocycles. The zero-order chi connectivity index (χ0) is 12.5. The van der Waals surface area contributed by atoms with Crippen LogP contribution >= 0.6 is 11.3 Å². The largest absolute Gasteiger partial charge is 0.300 e. The molecule has 3 nitrogen and oxygen atoms in total. The maximum atomic E-state index is 13.7. The van der Waals surface area contributed by atoms with Crippen molar-refractivity contribution in [3.8, 4) is 16.6 Å². The van der Waals surface area contributed by atoms with Gasteiger partial charge in [-0.25, -0.2) is 9.37 Å². The van der Waals surface area contributed by atoms with Crippen molar-refractivity contribution < 1.29 is 4.39 Å². The first-order valence-corrected chi connectivity index (χ1v) is 6.25. The van der Waals surface area contributed by atoms with Gasteiger partial charge in [0.05, 0.1) is 23.1 Å². The maximum Gasteiger partial charge on any atom is 0.174 e. The topological polar surface area (TPSA) is 41.1 Å². The van der Waals surface area contributed by atoms with Gasteiger partial charge >= 0.3 is 0 Å². The number of hydrogen-bond acceptors (Lipinski definition) is 3. The molecule has 3 aromatic rings. The molecule has 0 amide bonds.